The molecule has 0 aromatic heterocycles. The molecule has 1 aliphatic rings. The van der Waals surface area contributed by atoms with Gasteiger partial charge in [0.15, 0.2) is 0 Å². The zero-order chi connectivity index (χ0) is 14.4. The topological polar surface area (TPSA) is 55.8 Å². The number of carbonyl (C=O) groups excluding carboxylic acids is 2. The molecule has 2 rings (SSSR count). The fourth-order valence-corrected chi connectivity index (χ4v) is 1.87. The van der Waals surface area contributed by atoms with Gasteiger partial charge in [-0.25, -0.2) is 9.59 Å². The molecule has 0 bridgehead atoms. The predicted octanol–water partition coefficient (Wildman–Crippen LogP) is 2.94. The standard InChI is InChI=1S/C15H17NO4/c1-16(15(18)19-13-10-6-3-7-11-13)20-14(17)12-8-4-2-5-9-12/h2,4-6,8-10,13H,3,7,11H2,1H3. The van der Waals surface area contributed by atoms with Gasteiger partial charge < -0.3 is 9.57 Å². The molecule has 0 aliphatic heterocycles. The van der Waals surface area contributed by atoms with Crippen LogP contribution in [-0.2, 0) is 9.57 Å². The van der Waals surface area contributed by atoms with Crippen LogP contribution in [0.4, 0.5) is 4.79 Å². The molecule has 1 aromatic rings. The third kappa shape index (κ3) is 3.85. The lowest BCUT2D eigenvalue weighted by molar-refractivity contribution is -0.0824. The van der Waals surface area contributed by atoms with E-state index in [1.54, 1.807) is 30.3 Å². The number of rotatable bonds is 2. The monoisotopic (exact) mass is 275 g/mol. The molecule has 0 spiro atoms. The molecule has 0 saturated heterocycles. The number of hydrogen-bond acceptors (Lipinski definition) is 4. The van der Waals surface area contributed by atoms with Gasteiger partial charge in [0.25, 0.3) is 0 Å². The second-order valence-electron chi connectivity index (χ2n) is 4.52. The van der Waals surface area contributed by atoms with Gasteiger partial charge in [-0.05, 0) is 37.5 Å². The summed E-state index contributed by atoms with van der Waals surface area (Å²) >= 11 is 0. The van der Waals surface area contributed by atoms with Crippen LogP contribution in [0.3, 0.4) is 0 Å². The second-order valence-corrected chi connectivity index (χ2v) is 4.52. The average molecular weight is 275 g/mol. The van der Waals surface area contributed by atoms with Crippen LogP contribution >= 0.6 is 0 Å². The predicted molar refractivity (Wildman–Crippen MR) is 72.9 cm³/mol. The van der Waals surface area contributed by atoms with Crippen LogP contribution in [0.25, 0.3) is 0 Å². The maximum atomic E-state index is 11.8. The fraction of sp³-hybridized carbons (Fsp3) is 0.333. The molecule has 0 radical (unpaired) electrons. The summed E-state index contributed by atoms with van der Waals surface area (Å²) in [6.07, 6.45) is 5.71. The minimum atomic E-state index is -0.675. The van der Waals surface area contributed by atoms with Gasteiger partial charge in [0.2, 0.25) is 0 Å². The van der Waals surface area contributed by atoms with Crippen LogP contribution in [0.15, 0.2) is 42.5 Å². The summed E-state index contributed by atoms with van der Waals surface area (Å²) in [5, 5.41) is 0.817. The van der Waals surface area contributed by atoms with Gasteiger partial charge in [-0.1, -0.05) is 24.3 Å². The van der Waals surface area contributed by atoms with Crippen LogP contribution < -0.4 is 0 Å². The van der Waals surface area contributed by atoms with Gasteiger partial charge in [-0.15, -0.1) is 5.06 Å². The molecule has 0 saturated carbocycles. The van der Waals surface area contributed by atoms with Gasteiger partial charge >= 0.3 is 12.1 Å². The number of carbonyl (C=O) groups is 2. The Morgan fingerprint density at radius 3 is 2.65 bits per heavy atom. The maximum absolute atomic E-state index is 11.8. The van der Waals surface area contributed by atoms with E-state index in [2.05, 4.69) is 0 Å². The van der Waals surface area contributed by atoms with Gasteiger partial charge in [0.05, 0.1) is 12.6 Å². The molecule has 20 heavy (non-hydrogen) atoms. The zero-order valence-electron chi connectivity index (χ0n) is 11.3. The molecule has 1 aliphatic carbocycles. The van der Waals surface area contributed by atoms with E-state index < -0.39 is 12.1 Å². The lowest BCUT2D eigenvalue weighted by Gasteiger charge is -2.21. The van der Waals surface area contributed by atoms with Crippen LogP contribution in [0.1, 0.15) is 29.6 Å². The summed E-state index contributed by atoms with van der Waals surface area (Å²) in [4.78, 5) is 28.5. The average Bonchev–Trinajstić information content (AvgIpc) is 2.49. The van der Waals surface area contributed by atoms with Crippen molar-refractivity contribution in [3.63, 3.8) is 0 Å². The highest BCUT2D eigenvalue weighted by Crippen LogP contribution is 2.14. The number of hydroxylamine groups is 2. The zero-order valence-corrected chi connectivity index (χ0v) is 11.3. The normalized spacial score (nSPS) is 17.4. The van der Waals surface area contributed by atoms with E-state index in [1.165, 1.54) is 7.05 Å². The summed E-state index contributed by atoms with van der Waals surface area (Å²) in [5.41, 5.74) is 0.379. The first-order valence-corrected chi connectivity index (χ1v) is 6.55. The number of amides is 1. The molecule has 0 fully saturated rings. The Bertz CT molecular complexity index is 498. The molecule has 5 nitrogen and oxygen atoms in total. The van der Waals surface area contributed by atoms with E-state index in [4.69, 9.17) is 9.57 Å². The summed E-state index contributed by atoms with van der Waals surface area (Å²) in [6, 6.07) is 8.48. The van der Waals surface area contributed by atoms with Crippen molar-refractivity contribution in [2.75, 3.05) is 7.05 Å². The Kier molecular flexibility index (Phi) is 4.76. The summed E-state index contributed by atoms with van der Waals surface area (Å²) in [5.74, 6) is -0.593. The van der Waals surface area contributed by atoms with Crippen molar-refractivity contribution < 1.29 is 19.2 Å². The van der Waals surface area contributed by atoms with E-state index in [9.17, 15) is 9.59 Å². The summed E-state index contributed by atoms with van der Waals surface area (Å²) in [7, 11) is 1.36. The van der Waals surface area contributed by atoms with E-state index in [1.807, 2.05) is 12.2 Å². The molecule has 1 atom stereocenters. The van der Waals surface area contributed by atoms with Gasteiger partial charge in [-0.3, -0.25) is 0 Å². The van der Waals surface area contributed by atoms with Crippen molar-refractivity contribution in [3.8, 4) is 0 Å². The molecule has 0 N–H and O–H groups in total. The van der Waals surface area contributed by atoms with Gasteiger partial charge in [0.1, 0.15) is 6.10 Å². The Labute approximate surface area is 117 Å². The van der Waals surface area contributed by atoms with Gasteiger partial charge in [-0.2, -0.15) is 0 Å². The van der Waals surface area contributed by atoms with Crippen LogP contribution in [0.2, 0.25) is 0 Å². The van der Waals surface area contributed by atoms with Crippen molar-refractivity contribution in [3.05, 3.63) is 48.0 Å². The smallest absolute Gasteiger partial charge is 0.440 e. The van der Waals surface area contributed by atoms with Crippen LogP contribution in [-0.4, -0.2) is 30.3 Å². The first-order valence-electron chi connectivity index (χ1n) is 6.55. The minimum Gasteiger partial charge on any atom is -0.440 e. The molecule has 1 aromatic carbocycles. The van der Waals surface area contributed by atoms with Crippen LogP contribution in [0.5, 0.6) is 0 Å². The summed E-state index contributed by atoms with van der Waals surface area (Å²) < 4.78 is 5.21. The lowest BCUT2D eigenvalue weighted by atomic mass is 10.1. The quantitative estimate of drug-likeness (QED) is 0.615. The number of nitrogens with zero attached hydrogens (tertiary/aromatic N) is 1. The number of allylic oxidation sites excluding steroid dienone is 1. The van der Waals surface area contributed by atoms with Crippen molar-refractivity contribution in [2.45, 2.75) is 25.4 Å². The van der Waals surface area contributed by atoms with E-state index in [-0.39, 0.29) is 6.10 Å². The third-order valence-corrected chi connectivity index (χ3v) is 2.95. The van der Waals surface area contributed by atoms with E-state index >= 15 is 0 Å². The summed E-state index contributed by atoms with van der Waals surface area (Å²) in [6.45, 7) is 0. The fourth-order valence-electron chi connectivity index (χ4n) is 1.87. The molecule has 0 heterocycles. The molecular formula is C15H17NO4. The van der Waals surface area contributed by atoms with Crippen molar-refractivity contribution in [2.24, 2.45) is 0 Å². The minimum absolute atomic E-state index is 0.242. The molecular weight excluding hydrogens is 258 g/mol. The maximum Gasteiger partial charge on any atom is 0.443 e. The third-order valence-electron chi connectivity index (χ3n) is 2.95. The Balaban J connectivity index is 1.86. The highest BCUT2D eigenvalue weighted by molar-refractivity contribution is 5.89. The number of benzene rings is 1. The Morgan fingerprint density at radius 1 is 1.25 bits per heavy atom. The highest BCUT2D eigenvalue weighted by atomic mass is 16.7. The van der Waals surface area contributed by atoms with Gasteiger partial charge in [0, 0.05) is 0 Å². The number of hydrogen-bond donors (Lipinski definition) is 0. The van der Waals surface area contributed by atoms with Crippen molar-refractivity contribution >= 4 is 12.1 Å². The first-order chi connectivity index (χ1) is 9.66. The van der Waals surface area contributed by atoms with E-state index in [0.29, 0.717) is 5.56 Å². The molecule has 1 amide bonds. The lowest BCUT2D eigenvalue weighted by Crippen LogP contribution is -2.33. The SMILES string of the molecule is CN(OC(=O)c1ccccc1)C(=O)OC1C=CCCC1. The van der Waals surface area contributed by atoms with E-state index in [0.717, 1.165) is 24.3 Å². The Morgan fingerprint density at radius 2 is 2.00 bits per heavy atom. The molecule has 106 valence electrons. The molecule has 1 unspecified atom stereocenters. The highest BCUT2D eigenvalue weighted by Gasteiger charge is 2.20. The first kappa shape index (κ1) is 14.1. The number of ether oxygens (including phenoxy) is 1. The largest absolute Gasteiger partial charge is 0.443 e. The Hall–Kier alpha value is -2.30. The second kappa shape index (κ2) is 6.75. The van der Waals surface area contributed by atoms with Crippen molar-refractivity contribution in [1.29, 1.82) is 0 Å². The van der Waals surface area contributed by atoms with Crippen LogP contribution in [0, 0.1) is 0 Å². The van der Waals surface area contributed by atoms with Crippen molar-refractivity contribution in [1.82, 2.24) is 5.06 Å². The molecule has 5 heteroatoms.